The van der Waals surface area contributed by atoms with E-state index in [1.165, 1.54) is 6.08 Å². The SMILES string of the molecule is NC1=CC(C(=O)O)=CCC1. The van der Waals surface area contributed by atoms with E-state index in [0.717, 1.165) is 12.8 Å². The summed E-state index contributed by atoms with van der Waals surface area (Å²) in [5.41, 5.74) is 6.38. The third-order valence-corrected chi connectivity index (χ3v) is 1.39. The number of hydrogen-bond donors (Lipinski definition) is 2. The number of carboxylic acids is 1. The summed E-state index contributed by atoms with van der Waals surface area (Å²) in [7, 11) is 0. The van der Waals surface area contributed by atoms with E-state index in [9.17, 15) is 4.79 Å². The Morgan fingerprint density at radius 3 is 2.80 bits per heavy atom. The van der Waals surface area contributed by atoms with Crippen LogP contribution in [-0.2, 0) is 4.79 Å². The first-order valence-electron chi connectivity index (χ1n) is 3.09. The van der Waals surface area contributed by atoms with Crippen LogP contribution in [0.3, 0.4) is 0 Å². The first kappa shape index (κ1) is 6.86. The molecule has 3 nitrogen and oxygen atoms in total. The van der Waals surface area contributed by atoms with Gasteiger partial charge in [0.2, 0.25) is 0 Å². The maximum Gasteiger partial charge on any atom is 0.335 e. The molecule has 0 radical (unpaired) electrons. The lowest BCUT2D eigenvalue weighted by Gasteiger charge is -2.05. The van der Waals surface area contributed by atoms with E-state index in [2.05, 4.69) is 0 Å². The molecule has 0 aromatic heterocycles. The summed E-state index contributed by atoms with van der Waals surface area (Å²) in [5.74, 6) is -0.900. The highest BCUT2D eigenvalue weighted by atomic mass is 16.4. The summed E-state index contributed by atoms with van der Waals surface area (Å²) < 4.78 is 0. The monoisotopic (exact) mass is 139 g/mol. The lowest BCUT2D eigenvalue weighted by atomic mass is 10.1. The quantitative estimate of drug-likeness (QED) is 0.560. The Morgan fingerprint density at radius 2 is 2.40 bits per heavy atom. The van der Waals surface area contributed by atoms with Crippen LogP contribution in [0.5, 0.6) is 0 Å². The van der Waals surface area contributed by atoms with Crippen molar-refractivity contribution in [1.29, 1.82) is 0 Å². The fourth-order valence-corrected chi connectivity index (χ4v) is 0.874. The Morgan fingerprint density at radius 1 is 1.70 bits per heavy atom. The highest BCUT2D eigenvalue weighted by Gasteiger charge is 2.07. The molecule has 0 bridgehead atoms. The van der Waals surface area contributed by atoms with Crippen LogP contribution < -0.4 is 5.73 Å². The molecule has 0 aromatic rings. The molecule has 0 saturated carbocycles. The van der Waals surface area contributed by atoms with Crippen molar-refractivity contribution < 1.29 is 9.90 Å². The lowest BCUT2D eigenvalue weighted by molar-refractivity contribution is -0.132. The van der Waals surface area contributed by atoms with Gasteiger partial charge in [0.25, 0.3) is 0 Å². The molecule has 0 saturated heterocycles. The number of carbonyl (C=O) groups is 1. The van der Waals surface area contributed by atoms with E-state index in [0.29, 0.717) is 11.3 Å². The lowest BCUT2D eigenvalue weighted by Crippen LogP contribution is -2.06. The molecule has 0 unspecified atom stereocenters. The number of allylic oxidation sites excluding steroid dienone is 2. The maximum atomic E-state index is 10.3. The van der Waals surface area contributed by atoms with E-state index >= 15 is 0 Å². The summed E-state index contributed by atoms with van der Waals surface area (Å²) in [6.07, 6.45) is 4.70. The smallest absolute Gasteiger partial charge is 0.335 e. The van der Waals surface area contributed by atoms with Gasteiger partial charge in [-0.1, -0.05) is 6.08 Å². The van der Waals surface area contributed by atoms with E-state index in [1.54, 1.807) is 6.08 Å². The van der Waals surface area contributed by atoms with Crippen molar-refractivity contribution in [3.63, 3.8) is 0 Å². The molecular weight excluding hydrogens is 130 g/mol. The van der Waals surface area contributed by atoms with Crippen molar-refractivity contribution >= 4 is 5.97 Å². The van der Waals surface area contributed by atoms with Gasteiger partial charge in [-0.25, -0.2) is 4.79 Å². The van der Waals surface area contributed by atoms with Crippen LogP contribution in [0, 0.1) is 0 Å². The Kier molecular flexibility index (Phi) is 1.76. The van der Waals surface area contributed by atoms with Gasteiger partial charge in [-0.05, 0) is 18.9 Å². The van der Waals surface area contributed by atoms with Crippen LogP contribution in [0.4, 0.5) is 0 Å². The molecule has 3 N–H and O–H groups in total. The zero-order valence-corrected chi connectivity index (χ0v) is 5.50. The summed E-state index contributed by atoms with van der Waals surface area (Å²) in [6.45, 7) is 0. The number of hydrogen-bond acceptors (Lipinski definition) is 2. The molecule has 1 rings (SSSR count). The summed E-state index contributed by atoms with van der Waals surface area (Å²) in [6, 6.07) is 0. The molecule has 0 atom stereocenters. The van der Waals surface area contributed by atoms with E-state index in [4.69, 9.17) is 10.8 Å². The predicted molar refractivity (Wildman–Crippen MR) is 37.2 cm³/mol. The van der Waals surface area contributed by atoms with Gasteiger partial charge in [0, 0.05) is 5.70 Å². The third kappa shape index (κ3) is 1.37. The van der Waals surface area contributed by atoms with Crippen molar-refractivity contribution in [3.05, 3.63) is 23.4 Å². The van der Waals surface area contributed by atoms with Crippen LogP contribution in [-0.4, -0.2) is 11.1 Å². The van der Waals surface area contributed by atoms with Gasteiger partial charge >= 0.3 is 5.97 Å². The van der Waals surface area contributed by atoms with Crippen LogP contribution in [0.15, 0.2) is 23.4 Å². The zero-order valence-electron chi connectivity index (χ0n) is 5.50. The Labute approximate surface area is 58.8 Å². The second-order valence-corrected chi connectivity index (χ2v) is 2.22. The molecule has 0 aromatic carbocycles. The molecule has 0 fully saturated rings. The first-order valence-corrected chi connectivity index (χ1v) is 3.09. The molecule has 0 aliphatic heterocycles. The standard InChI is InChI=1S/C7H9NO2/c8-6-3-1-2-5(4-6)7(9)10/h2,4H,1,3,8H2,(H,9,10). The van der Waals surface area contributed by atoms with Crippen LogP contribution in [0.2, 0.25) is 0 Å². The molecule has 1 aliphatic rings. The highest BCUT2D eigenvalue weighted by molar-refractivity contribution is 5.90. The van der Waals surface area contributed by atoms with Crippen molar-refractivity contribution in [2.45, 2.75) is 12.8 Å². The molecule has 0 amide bonds. The summed E-state index contributed by atoms with van der Waals surface area (Å²) in [5, 5.41) is 8.49. The highest BCUT2D eigenvalue weighted by Crippen LogP contribution is 2.12. The minimum atomic E-state index is -0.900. The number of nitrogens with two attached hydrogens (primary N) is 1. The van der Waals surface area contributed by atoms with Gasteiger partial charge in [-0.3, -0.25) is 0 Å². The number of carboxylic acid groups (broad SMARTS) is 1. The Bertz CT molecular complexity index is 216. The zero-order chi connectivity index (χ0) is 7.56. The number of rotatable bonds is 1. The average molecular weight is 139 g/mol. The van der Waals surface area contributed by atoms with E-state index < -0.39 is 5.97 Å². The molecule has 0 spiro atoms. The minimum Gasteiger partial charge on any atom is -0.478 e. The van der Waals surface area contributed by atoms with Crippen LogP contribution >= 0.6 is 0 Å². The van der Waals surface area contributed by atoms with Gasteiger partial charge in [0.1, 0.15) is 0 Å². The van der Waals surface area contributed by atoms with Crippen LogP contribution in [0.25, 0.3) is 0 Å². The molecule has 54 valence electrons. The first-order chi connectivity index (χ1) is 4.70. The predicted octanol–water partition coefficient (Wildman–Crippen LogP) is 0.634. The van der Waals surface area contributed by atoms with Gasteiger partial charge in [-0.15, -0.1) is 0 Å². The fraction of sp³-hybridized carbons (Fsp3) is 0.286. The van der Waals surface area contributed by atoms with E-state index in [1.807, 2.05) is 0 Å². The van der Waals surface area contributed by atoms with E-state index in [-0.39, 0.29) is 0 Å². The van der Waals surface area contributed by atoms with Gasteiger partial charge in [-0.2, -0.15) is 0 Å². The third-order valence-electron chi connectivity index (χ3n) is 1.39. The Hall–Kier alpha value is -1.25. The molecule has 1 aliphatic carbocycles. The van der Waals surface area contributed by atoms with Gasteiger partial charge in [0.05, 0.1) is 5.57 Å². The fourth-order valence-electron chi connectivity index (χ4n) is 0.874. The molecule has 3 heteroatoms. The summed E-state index contributed by atoms with van der Waals surface area (Å²) in [4.78, 5) is 10.3. The average Bonchev–Trinajstić information content (AvgIpc) is 1.88. The van der Waals surface area contributed by atoms with Crippen molar-refractivity contribution in [2.75, 3.05) is 0 Å². The Balaban J connectivity index is 2.79. The molecule has 10 heavy (non-hydrogen) atoms. The largest absolute Gasteiger partial charge is 0.478 e. The van der Waals surface area contributed by atoms with Crippen LogP contribution in [0.1, 0.15) is 12.8 Å². The minimum absolute atomic E-state index is 0.309. The molecular formula is C7H9NO2. The summed E-state index contributed by atoms with van der Waals surface area (Å²) >= 11 is 0. The number of aliphatic carboxylic acids is 1. The van der Waals surface area contributed by atoms with Crippen molar-refractivity contribution in [2.24, 2.45) is 5.73 Å². The second kappa shape index (κ2) is 2.56. The second-order valence-electron chi connectivity index (χ2n) is 2.22. The normalized spacial score (nSPS) is 17.6. The van der Waals surface area contributed by atoms with Crippen molar-refractivity contribution in [1.82, 2.24) is 0 Å². The van der Waals surface area contributed by atoms with Gasteiger partial charge < -0.3 is 10.8 Å². The maximum absolute atomic E-state index is 10.3. The molecule has 0 heterocycles. The topological polar surface area (TPSA) is 63.3 Å². The van der Waals surface area contributed by atoms with Crippen molar-refractivity contribution in [3.8, 4) is 0 Å². The van der Waals surface area contributed by atoms with Gasteiger partial charge in [0.15, 0.2) is 0 Å².